The van der Waals surface area contributed by atoms with E-state index >= 15 is 35.5 Å². The number of hydrogen-bond donors (Lipinski definition) is 3. The van der Waals surface area contributed by atoms with Crippen LogP contribution in [-0.4, -0.2) is 130 Å². The number of anilines is 1. The third-order valence-electron chi connectivity index (χ3n) is 16.9. The summed E-state index contributed by atoms with van der Waals surface area (Å²) in [5.41, 5.74) is -6.57. The number of phosphoric acid groups is 1. The van der Waals surface area contributed by atoms with E-state index in [1.165, 1.54) is 96.9 Å². The van der Waals surface area contributed by atoms with E-state index in [0.717, 1.165) is 54.8 Å². The minimum atomic E-state index is -5.34. The van der Waals surface area contributed by atoms with Gasteiger partial charge in [-0.2, -0.15) is 49.6 Å². The topological polar surface area (TPSA) is 336 Å². The Morgan fingerprint density at radius 2 is 1.38 bits per heavy atom. The minimum Gasteiger partial charge on any atom is -0.460 e. The average Bonchev–Trinajstić information content (AvgIpc) is 1.51. The molecule has 0 saturated heterocycles. The van der Waals surface area contributed by atoms with E-state index in [2.05, 4.69) is 37.7 Å². The fraction of sp³-hybridized carbons (Fsp3) is 0.507. The predicted molar refractivity (Wildman–Crippen MR) is 380 cm³/mol. The molecule has 2 aliphatic rings. The number of sulfone groups is 1. The second kappa shape index (κ2) is 31.1. The molecule has 25 nitrogen and oxygen atoms in total. The molecule has 1 fully saturated rings. The lowest BCUT2D eigenvalue weighted by molar-refractivity contribution is -0.165. The fourth-order valence-corrected chi connectivity index (χ4v) is 15.3. The number of hydrogen-bond acceptors (Lipinski definition) is 19. The second-order valence-electron chi connectivity index (χ2n) is 30.3. The standard InChI is InChI=1S/C71H81ClF10N9O16PS2/c1-35(2)105-108(98,106-36(3)4)107-50-27-39(62(83)96)26-38(28-51(92)86-49(64(97)104-66(8,9)10)31-54(95)103-65(5,6)7)57(50)67(11,12)32-53(94)91(110(16,101)102)63-56-47(72)20-19-44(59(56)90(88-63)34-69(75,76)77)43-18-17-42(21-22-68(13,14)109(15,99)100)84-58(43)48(25-37-23-40(73)29-41(74)24-37)85-52(93)33-89-61-55(60(87-89)71(80,81)82)45-30-46(45)70(61,78)79/h17-20,23-24,26-27,29,35-36,45-46,48-49H,25,28,30-34H2,1-16H3,(H2,83,96)(H,85,93)(H,86,92)/t45-,46+,48-,49-/m0/s1. The van der Waals surface area contributed by atoms with E-state index in [0.29, 0.717) is 12.3 Å². The Labute approximate surface area is 631 Å². The van der Waals surface area contributed by atoms with Crippen LogP contribution in [0.4, 0.5) is 49.7 Å². The molecule has 0 unspecified atom stereocenters. The van der Waals surface area contributed by atoms with Crippen LogP contribution in [0.5, 0.6) is 5.75 Å². The molecule has 0 spiro atoms. The van der Waals surface area contributed by atoms with Gasteiger partial charge in [-0.25, -0.2) is 40.0 Å². The van der Waals surface area contributed by atoms with Crippen molar-refractivity contribution in [3.05, 3.63) is 122 Å². The number of fused-ring (bicyclic) bond motifs is 4. The van der Waals surface area contributed by atoms with Crippen LogP contribution in [-0.2, 0) is 110 Å². The number of amides is 4. The van der Waals surface area contributed by atoms with Gasteiger partial charge in [0.25, 0.3) is 5.92 Å². The lowest BCUT2D eigenvalue weighted by atomic mass is 9.77. The number of benzene rings is 3. The molecule has 110 heavy (non-hydrogen) atoms. The van der Waals surface area contributed by atoms with E-state index in [-0.39, 0.29) is 36.8 Å². The molecular weight excluding hydrogens is 1560 g/mol. The summed E-state index contributed by atoms with van der Waals surface area (Å²) in [6.45, 7) is 16.1. The quantitative estimate of drug-likeness (QED) is 0.0187. The van der Waals surface area contributed by atoms with E-state index in [9.17, 15) is 58.5 Å². The average molecular weight is 1640 g/mol. The first kappa shape index (κ1) is 86.9. The van der Waals surface area contributed by atoms with Crippen LogP contribution in [0.1, 0.15) is 184 Å². The number of carbonyl (C=O) groups is 6. The summed E-state index contributed by atoms with van der Waals surface area (Å²) < 4.78 is 249. The number of alkyl halides is 8. The van der Waals surface area contributed by atoms with Crippen LogP contribution >= 0.6 is 19.4 Å². The molecule has 4 atom stereocenters. The summed E-state index contributed by atoms with van der Waals surface area (Å²) in [5, 5.41) is 11.0. The Bertz CT molecular complexity index is 5010. The molecule has 0 bridgehead atoms. The molecule has 3 heterocycles. The van der Waals surface area contributed by atoms with Gasteiger partial charge >= 0.3 is 32.1 Å². The Morgan fingerprint density at radius 1 is 0.791 bits per heavy atom. The van der Waals surface area contributed by atoms with Gasteiger partial charge in [-0.1, -0.05) is 37.4 Å². The van der Waals surface area contributed by atoms with Crippen molar-refractivity contribution in [2.45, 2.75) is 212 Å². The summed E-state index contributed by atoms with van der Waals surface area (Å²) in [6.07, 6.45) is -15.4. The van der Waals surface area contributed by atoms with Gasteiger partial charge in [0.2, 0.25) is 33.7 Å². The van der Waals surface area contributed by atoms with Crippen LogP contribution in [0.15, 0.2) is 54.6 Å². The number of halogens is 11. The third kappa shape index (κ3) is 20.7. The van der Waals surface area contributed by atoms with Crippen LogP contribution in [0.2, 0.25) is 5.02 Å². The molecule has 600 valence electrons. The van der Waals surface area contributed by atoms with Crippen molar-refractivity contribution < 1.29 is 117 Å². The van der Waals surface area contributed by atoms with Gasteiger partial charge in [-0.05, 0) is 161 Å². The molecular formula is C71H81ClF10N9O16PS2. The number of primary amides is 1. The monoisotopic (exact) mass is 1640 g/mol. The number of aromatic nitrogens is 5. The van der Waals surface area contributed by atoms with Crippen LogP contribution in [0.3, 0.4) is 0 Å². The molecule has 4 amide bonds. The van der Waals surface area contributed by atoms with Crippen LogP contribution in [0, 0.1) is 29.4 Å². The Balaban J connectivity index is 1.35. The van der Waals surface area contributed by atoms with Crippen molar-refractivity contribution in [1.29, 1.82) is 0 Å². The van der Waals surface area contributed by atoms with Crippen molar-refractivity contribution in [3.63, 3.8) is 0 Å². The summed E-state index contributed by atoms with van der Waals surface area (Å²) in [6, 6.07) is 4.37. The van der Waals surface area contributed by atoms with E-state index < -0.39 is 262 Å². The number of esters is 2. The lowest BCUT2D eigenvalue weighted by Crippen LogP contribution is -2.46. The second-order valence-corrected chi connectivity index (χ2v) is 36.6. The Kier molecular flexibility index (Phi) is 24.6. The number of carbonyl (C=O) groups excluding carboxylic acids is 6. The highest BCUT2D eigenvalue weighted by Crippen LogP contribution is 2.68. The van der Waals surface area contributed by atoms with Gasteiger partial charge in [0, 0.05) is 57.9 Å². The van der Waals surface area contributed by atoms with Crippen molar-refractivity contribution in [3.8, 4) is 28.7 Å². The molecule has 0 radical (unpaired) electrons. The van der Waals surface area contributed by atoms with Gasteiger partial charge in [0.05, 0.1) is 59.0 Å². The van der Waals surface area contributed by atoms with Gasteiger partial charge in [0.1, 0.15) is 63.9 Å². The first-order valence-corrected chi connectivity index (χ1v) is 39.4. The Hall–Kier alpha value is -8.69. The zero-order valence-electron chi connectivity index (χ0n) is 62.3. The summed E-state index contributed by atoms with van der Waals surface area (Å²) in [7, 11) is -14.3. The van der Waals surface area contributed by atoms with Crippen molar-refractivity contribution >= 4 is 91.6 Å². The lowest BCUT2D eigenvalue weighted by Gasteiger charge is -2.33. The summed E-state index contributed by atoms with van der Waals surface area (Å²) in [4.78, 5) is 89.8. The fourth-order valence-electron chi connectivity index (χ4n) is 12.4. The highest BCUT2D eigenvalue weighted by Gasteiger charge is 2.68. The first-order chi connectivity index (χ1) is 50.1. The normalized spacial score (nSPS) is 16.0. The SMILES string of the molecule is CC(C)OP(=O)(Oc1cc(C(N)=O)cc(CC(=O)N[C@@H](CC(=O)OC(C)(C)C)C(=O)OC(C)(C)C)c1C(C)(C)CC(=O)N(c1nn(CC(F)(F)F)c2c(-c3ccc(C#CC(C)(C)S(C)(=O)=O)nc3[C@H](Cc3cc(F)cc(F)c3)NC(=O)Cn3nc(C(F)(F)F)c4c3C(F)(F)[C@@H]3C[C@H]43)ccc(Cl)c12)S(C)(=O)=O)OC(C)C. The van der Waals surface area contributed by atoms with Gasteiger partial charge in [-0.15, -0.1) is 0 Å². The van der Waals surface area contributed by atoms with Gasteiger partial charge in [0.15, 0.2) is 21.3 Å². The zero-order valence-corrected chi connectivity index (χ0v) is 65.6. The number of nitrogens with one attached hydrogen (secondary N) is 2. The minimum absolute atomic E-state index is 0.0345. The number of nitrogens with two attached hydrogens (primary N) is 1. The van der Waals surface area contributed by atoms with Crippen molar-refractivity contribution in [2.75, 3.05) is 16.8 Å². The summed E-state index contributed by atoms with van der Waals surface area (Å²) >= 11 is 6.97. The highest BCUT2D eigenvalue weighted by molar-refractivity contribution is 7.93. The zero-order chi connectivity index (χ0) is 82.9. The highest BCUT2D eigenvalue weighted by atomic mass is 35.5. The number of rotatable bonds is 27. The third-order valence-corrected chi connectivity index (χ3v) is 21.9. The van der Waals surface area contributed by atoms with Crippen LogP contribution < -0.4 is 25.2 Å². The molecule has 2 aliphatic carbocycles. The van der Waals surface area contributed by atoms with Crippen molar-refractivity contribution in [2.24, 2.45) is 11.7 Å². The molecule has 4 N–H and O–H groups in total. The number of phosphoric ester groups is 1. The first-order valence-electron chi connectivity index (χ1n) is 33.8. The predicted octanol–water partition coefficient (Wildman–Crippen LogP) is 12.5. The maximum atomic E-state index is 15.9. The van der Waals surface area contributed by atoms with E-state index in [1.54, 1.807) is 0 Å². The number of pyridine rings is 1. The molecule has 1 saturated carbocycles. The van der Waals surface area contributed by atoms with Crippen LogP contribution in [0.25, 0.3) is 22.0 Å². The maximum Gasteiger partial charge on any atom is 0.530 e. The maximum absolute atomic E-state index is 15.9. The molecule has 6 aromatic rings. The number of ether oxygens (including phenoxy) is 2. The smallest absolute Gasteiger partial charge is 0.460 e. The Morgan fingerprint density at radius 3 is 1.92 bits per heavy atom. The van der Waals surface area contributed by atoms with Crippen molar-refractivity contribution in [1.82, 2.24) is 35.2 Å². The molecule has 3 aromatic carbocycles. The molecule has 0 aliphatic heterocycles. The molecule has 8 rings (SSSR count). The summed E-state index contributed by atoms with van der Waals surface area (Å²) in [5.74, 6) is -13.4. The number of nitrogens with zero attached hydrogens (tertiary/aromatic N) is 6. The van der Waals surface area contributed by atoms with E-state index in [4.69, 9.17) is 40.4 Å². The van der Waals surface area contributed by atoms with Gasteiger partial charge in [-0.3, -0.25) is 42.4 Å². The van der Waals surface area contributed by atoms with E-state index in [1.807, 2.05) is 0 Å². The largest absolute Gasteiger partial charge is 0.530 e. The number of sulfonamides is 1. The molecule has 3 aromatic heterocycles. The van der Waals surface area contributed by atoms with Gasteiger partial charge < -0.3 is 30.4 Å². The molecule has 39 heteroatoms.